The number of carbonyl (C=O) groups excluding carboxylic acids is 1. The number of benzene rings is 1. The molecule has 0 unspecified atom stereocenters. The first-order valence-electron chi connectivity index (χ1n) is 7.52. The van der Waals surface area contributed by atoms with Crippen molar-refractivity contribution in [1.82, 2.24) is 5.32 Å². The molecule has 1 N–H and O–H groups in total. The molecule has 0 aromatic heterocycles. The van der Waals surface area contributed by atoms with Gasteiger partial charge in [0.2, 0.25) is 5.91 Å². The van der Waals surface area contributed by atoms with E-state index in [0.29, 0.717) is 19.0 Å². The van der Waals surface area contributed by atoms with E-state index in [1.54, 1.807) is 0 Å². The maximum Gasteiger partial charge on any atom is 0.227 e. The van der Waals surface area contributed by atoms with Crippen molar-refractivity contribution in [1.29, 1.82) is 0 Å². The Kier molecular flexibility index (Phi) is 3.88. The van der Waals surface area contributed by atoms with Gasteiger partial charge in [0, 0.05) is 31.2 Å². The normalized spacial score (nSPS) is 18.6. The zero-order valence-corrected chi connectivity index (χ0v) is 11.9. The van der Waals surface area contributed by atoms with Crippen molar-refractivity contribution >= 4 is 11.6 Å². The van der Waals surface area contributed by atoms with E-state index in [4.69, 9.17) is 0 Å². The van der Waals surface area contributed by atoms with Crippen LogP contribution in [0.15, 0.2) is 36.4 Å². The van der Waals surface area contributed by atoms with E-state index >= 15 is 0 Å². The first kappa shape index (κ1) is 13.4. The number of anilines is 1. The molecule has 1 aromatic carbocycles. The minimum atomic E-state index is 0.225. The molecule has 0 radical (unpaired) electrons. The molecule has 1 saturated carbocycles. The average molecular weight is 270 g/mol. The minimum Gasteiger partial charge on any atom is -0.310 e. The smallest absolute Gasteiger partial charge is 0.227 e. The number of hydrogen-bond acceptors (Lipinski definition) is 2. The van der Waals surface area contributed by atoms with Crippen LogP contribution in [0.5, 0.6) is 0 Å². The Morgan fingerprint density at radius 1 is 1.30 bits per heavy atom. The summed E-state index contributed by atoms with van der Waals surface area (Å²) in [7, 11) is 0. The Morgan fingerprint density at radius 2 is 2.10 bits per heavy atom. The minimum absolute atomic E-state index is 0.225. The van der Waals surface area contributed by atoms with Crippen molar-refractivity contribution in [3.05, 3.63) is 42.0 Å². The van der Waals surface area contributed by atoms with Crippen LogP contribution in [0, 0.1) is 0 Å². The second-order valence-electron chi connectivity index (χ2n) is 5.87. The average Bonchev–Trinajstić information content (AvgIpc) is 3.27. The fraction of sp³-hybridized carbons (Fsp3) is 0.471. The molecule has 106 valence electrons. The first-order valence-corrected chi connectivity index (χ1v) is 7.52. The summed E-state index contributed by atoms with van der Waals surface area (Å²) in [4.78, 5) is 14.2. The molecule has 1 fully saturated rings. The van der Waals surface area contributed by atoms with E-state index in [0.717, 1.165) is 30.6 Å². The summed E-state index contributed by atoms with van der Waals surface area (Å²) < 4.78 is 0. The zero-order valence-electron chi connectivity index (χ0n) is 11.9. The lowest BCUT2D eigenvalue weighted by Gasteiger charge is -2.24. The molecular formula is C17H22N2O. The van der Waals surface area contributed by atoms with E-state index in [9.17, 15) is 4.79 Å². The number of hydrogen-bond donors (Lipinski definition) is 1. The largest absolute Gasteiger partial charge is 0.310 e. The number of para-hydroxylation sites is 1. The van der Waals surface area contributed by atoms with Gasteiger partial charge in [-0.2, -0.15) is 0 Å². The fourth-order valence-electron chi connectivity index (χ4n) is 2.71. The van der Waals surface area contributed by atoms with Crippen molar-refractivity contribution in [2.45, 2.75) is 38.1 Å². The van der Waals surface area contributed by atoms with Gasteiger partial charge < -0.3 is 10.2 Å². The lowest BCUT2D eigenvalue weighted by atomic mass is 10.1. The van der Waals surface area contributed by atoms with Gasteiger partial charge in [-0.25, -0.2) is 0 Å². The molecule has 3 nitrogen and oxygen atoms in total. The Hall–Kier alpha value is -1.61. The molecular weight excluding hydrogens is 248 g/mol. The lowest BCUT2D eigenvalue weighted by Crippen LogP contribution is -2.34. The molecule has 1 aliphatic carbocycles. The first-order chi connectivity index (χ1) is 9.74. The van der Waals surface area contributed by atoms with Gasteiger partial charge in [0.05, 0.1) is 0 Å². The van der Waals surface area contributed by atoms with Gasteiger partial charge in [-0.05, 0) is 42.9 Å². The van der Waals surface area contributed by atoms with Crippen molar-refractivity contribution in [3.63, 3.8) is 0 Å². The van der Waals surface area contributed by atoms with Gasteiger partial charge in [0.1, 0.15) is 0 Å². The Bertz CT molecular complexity index is 519. The topological polar surface area (TPSA) is 32.3 Å². The molecule has 1 amide bonds. The SMILES string of the molecule is C=C(CNC1CC1)CN1C(=O)CCCc2ccccc21. The van der Waals surface area contributed by atoms with Crippen LogP contribution in [0.4, 0.5) is 5.69 Å². The fourth-order valence-corrected chi connectivity index (χ4v) is 2.71. The maximum absolute atomic E-state index is 12.3. The number of carbonyl (C=O) groups is 1. The number of aryl methyl sites for hydroxylation is 1. The van der Waals surface area contributed by atoms with Crippen molar-refractivity contribution < 1.29 is 4.79 Å². The second kappa shape index (κ2) is 5.80. The summed E-state index contributed by atoms with van der Waals surface area (Å²) in [6.07, 6.45) is 5.12. The second-order valence-corrected chi connectivity index (χ2v) is 5.87. The molecule has 3 heteroatoms. The highest BCUT2D eigenvalue weighted by Gasteiger charge is 2.23. The highest BCUT2D eigenvalue weighted by Crippen LogP contribution is 2.27. The predicted molar refractivity (Wildman–Crippen MR) is 81.9 cm³/mol. The van der Waals surface area contributed by atoms with Gasteiger partial charge in [-0.15, -0.1) is 0 Å². The van der Waals surface area contributed by atoms with Gasteiger partial charge in [0.25, 0.3) is 0 Å². The van der Waals surface area contributed by atoms with Crippen molar-refractivity contribution in [2.24, 2.45) is 0 Å². The van der Waals surface area contributed by atoms with Gasteiger partial charge in [-0.3, -0.25) is 4.79 Å². The summed E-state index contributed by atoms with van der Waals surface area (Å²) in [5.74, 6) is 0.225. The van der Waals surface area contributed by atoms with Crippen LogP contribution in [0.2, 0.25) is 0 Å². The lowest BCUT2D eigenvalue weighted by molar-refractivity contribution is -0.118. The van der Waals surface area contributed by atoms with Crippen LogP contribution < -0.4 is 10.2 Å². The van der Waals surface area contributed by atoms with Crippen LogP contribution >= 0.6 is 0 Å². The summed E-state index contributed by atoms with van der Waals surface area (Å²) in [5, 5.41) is 3.46. The Morgan fingerprint density at radius 3 is 2.90 bits per heavy atom. The molecule has 3 rings (SSSR count). The number of nitrogens with zero attached hydrogens (tertiary/aromatic N) is 1. The van der Waals surface area contributed by atoms with Gasteiger partial charge >= 0.3 is 0 Å². The third kappa shape index (κ3) is 3.10. The number of rotatable bonds is 5. The zero-order chi connectivity index (χ0) is 13.9. The van der Waals surface area contributed by atoms with E-state index in [2.05, 4.69) is 30.1 Å². The highest BCUT2D eigenvalue weighted by atomic mass is 16.2. The quantitative estimate of drug-likeness (QED) is 0.834. The summed E-state index contributed by atoms with van der Waals surface area (Å²) in [5.41, 5.74) is 3.44. The summed E-state index contributed by atoms with van der Waals surface area (Å²) in [6.45, 7) is 5.58. The third-order valence-corrected chi connectivity index (χ3v) is 4.02. The van der Waals surface area contributed by atoms with Gasteiger partial charge in [-0.1, -0.05) is 24.8 Å². The number of fused-ring (bicyclic) bond motifs is 1. The van der Waals surface area contributed by atoms with Crippen LogP contribution in [0.1, 0.15) is 31.2 Å². The Balaban J connectivity index is 1.71. The monoisotopic (exact) mass is 270 g/mol. The molecule has 0 bridgehead atoms. The number of amides is 1. The maximum atomic E-state index is 12.3. The van der Waals surface area contributed by atoms with Crippen molar-refractivity contribution in [3.8, 4) is 0 Å². The predicted octanol–water partition coefficient (Wildman–Crippen LogP) is 2.66. The van der Waals surface area contributed by atoms with E-state index in [-0.39, 0.29) is 5.91 Å². The van der Waals surface area contributed by atoms with Gasteiger partial charge in [0.15, 0.2) is 0 Å². The summed E-state index contributed by atoms with van der Waals surface area (Å²) >= 11 is 0. The van der Waals surface area contributed by atoms with E-state index in [1.165, 1.54) is 18.4 Å². The van der Waals surface area contributed by atoms with E-state index < -0.39 is 0 Å². The molecule has 1 aliphatic heterocycles. The van der Waals surface area contributed by atoms with Crippen LogP contribution in [0.25, 0.3) is 0 Å². The van der Waals surface area contributed by atoms with Crippen LogP contribution in [-0.2, 0) is 11.2 Å². The highest BCUT2D eigenvalue weighted by molar-refractivity contribution is 5.95. The van der Waals surface area contributed by atoms with Crippen molar-refractivity contribution in [2.75, 3.05) is 18.0 Å². The standard InChI is InChI=1S/C17H22N2O/c1-13(11-18-15-9-10-15)12-19-16-7-3-2-5-14(16)6-4-8-17(19)20/h2-3,5,7,15,18H,1,4,6,8-12H2. The van der Waals surface area contributed by atoms with Crippen LogP contribution in [0.3, 0.4) is 0 Å². The van der Waals surface area contributed by atoms with Crippen LogP contribution in [-0.4, -0.2) is 25.0 Å². The molecule has 20 heavy (non-hydrogen) atoms. The molecule has 1 heterocycles. The molecule has 0 spiro atoms. The van der Waals surface area contributed by atoms with E-state index in [1.807, 2.05) is 11.0 Å². The Labute approximate surface area is 120 Å². The third-order valence-electron chi connectivity index (χ3n) is 4.02. The number of nitrogens with one attached hydrogen (secondary N) is 1. The molecule has 0 saturated heterocycles. The molecule has 1 aromatic rings. The molecule has 2 aliphatic rings. The molecule has 0 atom stereocenters. The summed E-state index contributed by atoms with van der Waals surface area (Å²) in [6, 6.07) is 8.93.